The molecule has 0 saturated carbocycles. The summed E-state index contributed by atoms with van der Waals surface area (Å²) in [5, 5.41) is 11.4. The van der Waals surface area contributed by atoms with Crippen LogP contribution in [0.4, 0.5) is 0 Å². The molecule has 0 aliphatic rings. The van der Waals surface area contributed by atoms with Crippen LogP contribution in [-0.4, -0.2) is 43.5 Å². The largest absolute Gasteiger partial charge is 0.395 e. The minimum atomic E-state index is -3.78. The molecule has 0 saturated heterocycles. The summed E-state index contributed by atoms with van der Waals surface area (Å²) in [4.78, 5) is 0. The lowest BCUT2D eigenvalue weighted by Gasteiger charge is -2.01. The molecule has 0 bridgehead atoms. The Balaban J connectivity index is 3.09. The Hall–Kier alpha value is -0.170. The maximum Gasteiger partial charge on any atom is 0.264 e. The van der Waals surface area contributed by atoms with E-state index in [1.54, 1.807) is 0 Å². The van der Waals surface area contributed by atoms with E-state index in [1.807, 2.05) is 0 Å². The lowest BCUT2D eigenvalue weighted by atomic mass is 10.2. The monoisotopic (exact) mass is 211 g/mol. The van der Waals surface area contributed by atoms with E-state index in [1.165, 1.54) is 0 Å². The predicted octanol–water partition coefficient (Wildman–Crippen LogP) is -0.374. The van der Waals surface area contributed by atoms with Crippen molar-refractivity contribution in [3.63, 3.8) is 0 Å². The Kier molecular flexibility index (Phi) is 7.16. The van der Waals surface area contributed by atoms with Crippen molar-refractivity contribution >= 4 is 10.1 Å². The maximum absolute atomic E-state index is 10.3. The highest BCUT2D eigenvalue weighted by Crippen LogP contribution is 1.96. The van der Waals surface area contributed by atoms with E-state index < -0.39 is 10.1 Å². The van der Waals surface area contributed by atoms with Crippen molar-refractivity contribution in [2.75, 3.05) is 25.4 Å². The summed E-state index contributed by atoms with van der Waals surface area (Å²) in [6.45, 7) is 1.45. The second-order valence-electron chi connectivity index (χ2n) is 2.82. The average molecular weight is 211 g/mol. The minimum absolute atomic E-state index is 0.116. The van der Waals surface area contributed by atoms with Crippen LogP contribution in [0.3, 0.4) is 0 Å². The third-order valence-corrected chi connectivity index (χ3v) is 2.35. The van der Waals surface area contributed by atoms with E-state index in [-0.39, 0.29) is 12.4 Å². The molecule has 0 heterocycles. The fourth-order valence-electron chi connectivity index (χ4n) is 0.915. The highest BCUT2D eigenvalue weighted by atomic mass is 32.2. The molecule has 0 aliphatic carbocycles. The zero-order valence-corrected chi connectivity index (χ0v) is 8.39. The molecule has 0 unspecified atom stereocenters. The van der Waals surface area contributed by atoms with Gasteiger partial charge in [-0.2, -0.15) is 8.42 Å². The number of unbranched alkanes of at least 4 members (excludes halogenated alkanes) is 2. The molecule has 0 spiro atoms. The number of hydrogen-bond acceptors (Lipinski definition) is 4. The van der Waals surface area contributed by atoms with Gasteiger partial charge in [0.05, 0.1) is 12.4 Å². The van der Waals surface area contributed by atoms with Crippen LogP contribution >= 0.6 is 0 Å². The highest BCUT2D eigenvalue weighted by Gasteiger charge is 2.02. The van der Waals surface area contributed by atoms with Crippen LogP contribution in [0.2, 0.25) is 0 Å². The van der Waals surface area contributed by atoms with E-state index in [9.17, 15) is 8.42 Å². The first-order valence-corrected chi connectivity index (χ1v) is 5.94. The van der Waals surface area contributed by atoms with Gasteiger partial charge >= 0.3 is 0 Å². The lowest BCUT2D eigenvalue weighted by molar-refractivity contribution is 0.292. The second-order valence-corrected chi connectivity index (χ2v) is 4.39. The summed E-state index contributed by atoms with van der Waals surface area (Å²) in [7, 11) is -3.78. The molecular formula is C7H17NO4S. The maximum atomic E-state index is 10.3. The number of aliphatic hydroxyl groups is 1. The number of rotatable bonds is 8. The Bertz CT molecular complexity index is 203. The van der Waals surface area contributed by atoms with Gasteiger partial charge in [0.15, 0.2) is 0 Å². The molecule has 80 valence electrons. The zero-order chi connectivity index (χ0) is 10.2. The molecule has 5 nitrogen and oxygen atoms in total. The van der Waals surface area contributed by atoms with Crippen molar-refractivity contribution in [1.82, 2.24) is 5.32 Å². The van der Waals surface area contributed by atoms with Crippen LogP contribution in [0.1, 0.15) is 19.3 Å². The normalized spacial score (nSPS) is 11.8. The molecule has 3 N–H and O–H groups in total. The van der Waals surface area contributed by atoms with Crippen LogP contribution in [0, 0.1) is 0 Å². The van der Waals surface area contributed by atoms with Gasteiger partial charge in [0.2, 0.25) is 0 Å². The number of hydrogen-bond donors (Lipinski definition) is 3. The molecule has 0 fully saturated rings. The van der Waals surface area contributed by atoms with Crippen LogP contribution in [0.15, 0.2) is 0 Å². The number of nitrogens with one attached hydrogen (secondary N) is 1. The topological polar surface area (TPSA) is 86.6 Å². The van der Waals surface area contributed by atoms with Gasteiger partial charge < -0.3 is 10.4 Å². The third kappa shape index (κ3) is 11.8. The van der Waals surface area contributed by atoms with Gasteiger partial charge in [-0.1, -0.05) is 6.42 Å². The van der Waals surface area contributed by atoms with Crippen molar-refractivity contribution in [2.45, 2.75) is 19.3 Å². The minimum Gasteiger partial charge on any atom is -0.395 e. The SMILES string of the molecule is O=S(=O)(O)CCCCCNCCO. The van der Waals surface area contributed by atoms with Gasteiger partial charge in [-0.25, -0.2) is 0 Å². The molecular weight excluding hydrogens is 194 g/mol. The molecule has 0 amide bonds. The van der Waals surface area contributed by atoms with Gasteiger partial charge in [-0.3, -0.25) is 4.55 Å². The van der Waals surface area contributed by atoms with E-state index in [0.29, 0.717) is 13.0 Å². The quantitative estimate of drug-likeness (QED) is 0.376. The Morgan fingerprint density at radius 3 is 2.31 bits per heavy atom. The first-order valence-electron chi connectivity index (χ1n) is 4.33. The summed E-state index contributed by atoms with van der Waals surface area (Å²) >= 11 is 0. The van der Waals surface area contributed by atoms with Crippen molar-refractivity contribution in [2.24, 2.45) is 0 Å². The smallest absolute Gasteiger partial charge is 0.264 e. The summed E-state index contributed by atoms with van der Waals surface area (Å²) in [5.74, 6) is -0.160. The summed E-state index contributed by atoms with van der Waals surface area (Å²) < 4.78 is 28.9. The molecule has 0 radical (unpaired) electrons. The molecule has 0 aliphatic heterocycles. The van der Waals surface area contributed by atoms with Gasteiger partial charge in [-0.05, 0) is 19.4 Å². The van der Waals surface area contributed by atoms with Gasteiger partial charge in [0.25, 0.3) is 10.1 Å². The highest BCUT2D eigenvalue weighted by molar-refractivity contribution is 7.85. The van der Waals surface area contributed by atoms with E-state index in [0.717, 1.165) is 19.4 Å². The van der Waals surface area contributed by atoms with E-state index >= 15 is 0 Å². The fourth-order valence-corrected chi connectivity index (χ4v) is 1.48. The molecule has 0 rings (SSSR count). The van der Waals surface area contributed by atoms with Crippen molar-refractivity contribution in [1.29, 1.82) is 0 Å². The first kappa shape index (κ1) is 12.8. The molecule has 13 heavy (non-hydrogen) atoms. The number of aliphatic hydroxyl groups excluding tert-OH is 1. The molecule has 0 aromatic rings. The molecule has 0 atom stereocenters. The Labute approximate surface area is 78.9 Å². The van der Waals surface area contributed by atoms with Crippen LogP contribution < -0.4 is 5.32 Å². The van der Waals surface area contributed by atoms with Crippen molar-refractivity contribution < 1.29 is 18.1 Å². The van der Waals surface area contributed by atoms with Crippen LogP contribution in [0.25, 0.3) is 0 Å². The van der Waals surface area contributed by atoms with Crippen LogP contribution in [-0.2, 0) is 10.1 Å². The standard InChI is InChI=1S/C7H17NO4S/c9-6-5-8-4-2-1-3-7-13(10,11)12/h8-9H,1-7H2,(H,10,11,12). The van der Waals surface area contributed by atoms with Crippen LogP contribution in [0.5, 0.6) is 0 Å². The summed E-state index contributed by atoms with van der Waals surface area (Å²) in [5.41, 5.74) is 0. The first-order chi connectivity index (χ1) is 6.06. The van der Waals surface area contributed by atoms with Gasteiger partial charge in [-0.15, -0.1) is 0 Å². The molecule has 0 aromatic heterocycles. The summed E-state index contributed by atoms with van der Waals surface area (Å²) in [6, 6.07) is 0. The third-order valence-electron chi connectivity index (χ3n) is 1.54. The Morgan fingerprint density at radius 2 is 1.77 bits per heavy atom. The van der Waals surface area contributed by atoms with E-state index in [2.05, 4.69) is 5.32 Å². The van der Waals surface area contributed by atoms with Gasteiger partial charge in [0, 0.05) is 6.54 Å². The van der Waals surface area contributed by atoms with Crippen molar-refractivity contribution in [3.05, 3.63) is 0 Å². The van der Waals surface area contributed by atoms with Crippen molar-refractivity contribution in [3.8, 4) is 0 Å². The molecule has 6 heteroatoms. The fraction of sp³-hybridized carbons (Fsp3) is 1.00. The summed E-state index contributed by atoms with van der Waals surface area (Å²) in [6.07, 6.45) is 2.10. The van der Waals surface area contributed by atoms with Gasteiger partial charge in [0.1, 0.15) is 0 Å². The zero-order valence-electron chi connectivity index (χ0n) is 7.57. The lowest BCUT2D eigenvalue weighted by Crippen LogP contribution is -2.19. The Morgan fingerprint density at radius 1 is 1.08 bits per heavy atom. The van der Waals surface area contributed by atoms with E-state index in [4.69, 9.17) is 9.66 Å². The average Bonchev–Trinajstić information content (AvgIpc) is 2.01. The molecule has 0 aromatic carbocycles. The predicted molar refractivity (Wildman–Crippen MR) is 50.2 cm³/mol. The second kappa shape index (κ2) is 7.25.